The molecule has 1 aromatic heterocycles. The van der Waals surface area contributed by atoms with Crippen molar-refractivity contribution in [3.63, 3.8) is 0 Å². The molecular formula is C21H18ClNO4. The maximum Gasteiger partial charge on any atom is 0.290 e. The van der Waals surface area contributed by atoms with Crippen molar-refractivity contribution in [2.75, 3.05) is 13.2 Å². The van der Waals surface area contributed by atoms with E-state index in [1.165, 1.54) is 4.90 Å². The van der Waals surface area contributed by atoms with Crippen LogP contribution in [0.3, 0.4) is 0 Å². The Morgan fingerprint density at radius 2 is 1.85 bits per heavy atom. The van der Waals surface area contributed by atoms with E-state index in [4.69, 9.17) is 16.0 Å². The van der Waals surface area contributed by atoms with Crippen molar-refractivity contribution < 1.29 is 14.3 Å². The molecule has 2 heterocycles. The highest BCUT2D eigenvalue weighted by Gasteiger charge is 2.42. The summed E-state index contributed by atoms with van der Waals surface area (Å²) in [5.74, 6) is -0.344. The van der Waals surface area contributed by atoms with Crippen LogP contribution in [-0.4, -0.2) is 29.1 Å². The molecule has 4 rings (SSSR count). The lowest BCUT2D eigenvalue weighted by molar-refractivity contribution is 0.0691. The Bertz CT molecular complexity index is 1120. The van der Waals surface area contributed by atoms with Crippen molar-refractivity contribution in [2.45, 2.75) is 19.9 Å². The average Bonchev–Trinajstić information content (AvgIpc) is 2.88. The average molecular weight is 384 g/mol. The number of aliphatic hydroxyl groups excluding tert-OH is 1. The number of aliphatic hydroxyl groups is 1. The van der Waals surface area contributed by atoms with Crippen LogP contribution in [0.5, 0.6) is 0 Å². The summed E-state index contributed by atoms with van der Waals surface area (Å²) in [6.45, 7) is 3.66. The van der Waals surface area contributed by atoms with E-state index in [0.29, 0.717) is 21.6 Å². The number of β-amino-alcohol motifs (C(OH)–C–C–N with tert-alkyl or cyclic N) is 1. The summed E-state index contributed by atoms with van der Waals surface area (Å²) in [7, 11) is 0. The van der Waals surface area contributed by atoms with Crippen molar-refractivity contribution >= 4 is 28.5 Å². The molecule has 3 aromatic rings. The molecule has 1 atom stereocenters. The molecule has 0 bridgehead atoms. The monoisotopic (exact) mass is 383 g/mol. The molecule has 0 spiro atoms. The molecule has 5 nitrogen and oxygen atoms in total. The Morgan fingerprint density at radius 3 is 2.52 bits per heavy atom. The number of carbonyl (C=O) groups is 1. The number of amides is 1. The van der Waals surface area contributed by atoms with Gasteiger partial charge in [-0.25, -0.2) is 0 Å². The molecule has 1 N–H and O–H groups in total. The molecule has 1 amide bonds. The van der Waals surface area contributed by atoms with Gasteiger partial charge in [0.1, 0.15) is 5.58 Å². The molecule has 1 unspecified atom stereocenters. The van der Waals surface area contributed by atoms with Crippen molar-refractivity contribution in [3.8, 4) is 0 Å². The second-order valence-corrected chi connectivity index (χ2v) is 7.24. The van der Waals surface area contributed by atoms with E-state index in [0.717, 1.165) is 16.7 Å². The summed E-state index contributed by atoms with van der Waals surface area (Å²) < 4.78 is 5.91. The second-order valence-electron chi connectivity index (χ2n) is 6.81. The van der Waals surface area contributed by atoms with Gasteiger partial charge in [-0.05, 0) is 48.7 Å². The maximum atomic E-state index is 13.4. The quantitative estimate of drug-likeness (QED) is 0.750. The molecule has 1 aliphatic rings. The number of nitrogens with zero attached hydrogens (tertiary/aromatic N) is 1. The predicted octanol–water partition coefficient (Wildman–Crippen LogP) is 3.60. The Kier molecular flexibility index (Phi) is 4.29. The highest BCUT2D eigenvalue weighted by molar-refractivity contribution is 6.30. The minimum absolute atomic E-state index is 0.0471. The van der Waals surface area contributed by atoms with Crippen LogP contribution in [-0.2, 0) is 0 Å². The Hall–Kier alpha value is -2.63. The zero-order valence-corrected chi connectivity index (χ0v) is 15.7. The normalized spacial score (nSPS) is 16.2. The largest absolute Gasteiger partial charge is 0.450 e. The van der Waals surface area contributed by atoms with Crippen LogP contribution >= 0.6 is 11.6 Å². The van der Waals surface area contributed by atoms with Gasteiger partial charge in [-0.15, -0.1) is 0 Å². The smallest absolute Gasteiger partial charge is 0.290 e. The third-order valence-electron chi connectivity index (χ3n) is 4.94. The number of halogens is 1. The van der Waals surface area contributed by atoms with Gasteiger partial charge in [0.2, 0.25) is 5.76 Å². The zero-order chi connectivity index (χ0) is 19.3. The van der Waals surface area contributed by atoms with Gasteiger partial charge in [0, 0.05) is 11.6 Å². The number of benzene rings is 2. The van der Waals surface area contributed by atoms with Gasteiger partial charge < -0.3 is 14.4 Å². The third kappa shape index (κ3) is 2.74. The SMILES string of the molecule is Cc1cc(C)c2c(=O)c3c(oc2c1)C(=O)N(CCO)C3c1ccc(Cl)cc1. The summed E-state index contributed by atoms with van der Waals surface area (Å²) in [5.41, 5.74) is 3.02. The second kappa shape index (κ2) is 6.51. The van der Waals surface area contributed by atoms with E-state index >= 15 is 0 Å². The number of fused-ring (bicyclic) bond motifs is 2. The highest BCUT2D eigenvalue weighted by Crippen LogP contribution is 2.38. The van der Waals surface area contributed by atoms with Crippen molar-refractivity contribution in [1.29, 1.82) is 0 Å². The Balaban J connectivity index is 2.04. The lowest BCUT2D eigenvalue weighted by atomic mass is 9.97. The Labute approximate surface area is 160 Å². The molecule has 1 aliphatic heterocycles. The first-order chi connectivity index (χ1) is 12.9. The van der Waals surface area contributed by atoms with E-state index in [2.05, 4.69) is 0 Å². The fraction of sp³-hybridized carbons (Fsp3) is 0.238. The van der Waals surface area contributed by atoms with Gasteiger partial charge >= 0.3 is 0 Å². The molecule has 138 valence electrons. The molecule has 0 aliphatic carbocycles. The number of rotatable bonds is 3. The minimum Gasteiger partial charge on any atom is -0.450 e. The standard InChI is InChI=1S/C21H18ClNO4/c1-11-9-12(2)16-15(10-11)27-20-17(19(16)25)18(23(7-8-24)21(20)26)13-3-5-14(22)6-4-13/h3-6,9-10,18,24H,7-8H2,1-2H3. The summed E-state index contributed by atoms with van der Waals surface area (Å²) in [5, 5.41) is 10.5. The van der Waals surface area contributed by atoms with Crippen LogP contribution in [0.4, 0.5) is 0 Å². The van der Waals surface area contributed by atoms with Gasteiger partial charge in [0.25, 0.3) is 5.91 Å². The van der Waals surface area contributed by atoms with Crippen molar-refractivity contribution in [1.82, 2.24) is 4.90 Å². The van der Waals surface area contributed by atoms with Crippen LogP contribution < -0.4 is 5.43 Å². The van der Waals surface area contributed by atoms with Crippen LogP contribution in [0, 0.1) is 13.8 Å². The van der Waals surface area contributed by atoms with Crippen LogP contribution in [0.1, 0.15) is 38.9 Å². The fourth-order valence-corrected chi connectivity index (χ4v) is 3.97. The molecule has 0 saturated carbocycles. The van der Waals surface area contributed by atoms with Crippen LogP contribution in [0.25, 0.3) is 11.0 Å². The molecular weight excluding hydrogens is 366 g/mol. The van der Waals surface area contributed by atoms with Gasteiger partial charge in [-0.1, -0.05) is 29.8 Å². The Morgan fingerprint density at radius 1 is 1.15 bits per heavy atom. The van der Waals surface area contributed by atoms with Gasteiger partial charge in [0.05, 0.1) is 23.6 Å². The van der Waals surface area contributed by atoms with E-state index in [1.807, 2.05) is 19.9 Å². The first-order valence-electron chi connectivity index (χ1n) is 8.67. The molecule has 0 fully saturated rings. The lowest BCUT2D eigenvalue weighted by Crippen LogP contribution is -2.32. The molecule has 0 saturated heterocycles. The van der Waals surface area contributed by atoms with E-state index in [-0.39, 0.29) is 24.3 Å². The van der Waals surface area contributed by atoms with Crippen molar-refractivity contribution in [3.05, 3.63) is 79.7 Å². The van der Waals surface area contributed by atoms with Crippen LogP contribution in [0.2, 0.25) is 5.02 Å². The molecule has 0 radical (unpaired) electrons. The minimum atomic E-state index is -0.613. The summed E-state index contributed by atoms with van der Waals surface area (Å²) >= 11 is 5.99. The lowest BCUT2D eigenvalue weighted by Gasteiger charge is -2.24. The van der Waals surface area contributed by atoms with Gasteiger partial charge in [0.15, 0.2) is 5.43 Å². The maximum absolute atomic E-state index is 13.4. The van der Waals surface area contributed by atoms with E-state index in [9.17, 15) is 14.7 Å². The molecule has 6 heteroatoms. The molecule has 27 heavy (non-hydrogen) atoms. The van der Waals surface area contributed by atoms with Gasteiger partial charge in [-0.3, -0.25) is 9.59 Å². The zero-order valence-electron chi connectivity index (χ0n) is 15.0. The topological polar surface area (TPSA) is 70.8 Å². The summed E-state index contributed by atoms with van der Waals surface area (Å²) in [6, 6.07) is 10.1. The molecule has 2 aromatic carbocycles. The first-order valence-corrected chi connectivity index (χ1v) is 9.05. The van der Waals surface area contributed by atoms with Crippen LogP contribution in [0.15, 0.2) is 45.6 Å². The first kappa shape index (κ1) is 17.8. The van der Waals surface area contributed by atoms with Gasteiger partial charge in [-0.2, -0.15) is 0 Å². The number of hydrogen-bond acceptors (Lipinski definition) is 4. The number of hydrogen-bond donors (Lipinski definition) is 1. The number of carbonyl (C=O) groups excluding carboxylic acids is 1. The third-order valence-corrected chi connectivity index (χ3v) is 5.19. The number of aryl methyl sites for hydroxylation is 2. The fourth-order valence-electron chi connectivity index (χ4n) is 3.84. The predicted molar refractivity (Wildman–Crippen MR) is 103 cm³/mol. The van der Waals surface area contributed by atoms with Crippen molar-refractivity contribution in [2.24, 2.45) is 0 Å². The van der Waals surface area contributed by atoms with E-state index < -0.39 is 11.9 Å². The summed E-state index contributed by atoms with van der Waals surface area (Å²) in [4.78, 5) is 27.8. The summed E-state index contributed by atoms with van der Waals surface area (Å²) in [6.07, 6.45) is 0. The van der Waals surface area contributed by atoms with E-state index in [1.54, 1.807) is 30.3 Å². The highest BCUT2D eigenvalue weighted by atomic mass is 35.5.